The number of hydrogen-bond donors (Lipinski definition) is 1. The smallest absolute Gasteiger partial charge is 0.356 e. The van der Waals surface area contributed by atoms with Crippen LogP contribution in [-0.4, -0.2) is 30.8 Å². The summed E-state index contributed by atoms with van der Waals surface area (Å²) in [6, 6.07) is 3.61. The minimum absolute atomic E-state index is 0.145. The number of carbonyl (C=O) groups is 1. The van der Waals surface area contributed by atoms with Gasteiger partial charge in [0.25, 0.3) is 0 Å². The molecule has 0 radical (unpaired) electrons. The van der Waals surface area contributed by atoms with E-state index in [1.165, 1.54) is 6.20 Å². The molecule has 1 N–H and O–H groups in total. The van der Waals surface area contributed by atoms with Gasteiger partial charge in [-0.1, -0.05) is 19.6 Å². The second-order valence-electron chi connectivity index (χ2n) is 4.59. The number of carboxylic acid groups (broad SMARTS) is 1. The largest absolute Gasteiger partial charge is 0.476 e. The van der Waals surface area contributed by atoms with Crippen molar-refractivity contribution in [2.24, 2.45) is 0 Å². The highest BCUT2D eigenvalue weighted by molar-refractivity contribution is 6.79. The van der Waals surface area contributed by atoms with Crippen LogP contribution in [0.1, 0.15) is 17.4 Å². The van der Waals surface area contributed by atoms with E-state index in [4.69, 9.17) is 5.11 Å². The molecule has 5 heteroatoms. The molecule has 16 heavy (non-hydrogen) atoms. The lowest BCUT2D eigenvalue weighted by Crippen LogP contribution is -2.46. The molecule has 0 saturated heterocycles. The minimum Gasteiger partial charge on any atom is -0.476 e. The Hall–Kier alpha value is -1.36. The first kappa shape index (κ1) is 12.7. The van der Waals surface area contributed by atoms with Gasteiger partial charge < -0.3 is 9.67 Å². The van der Waals surface area contributed by atoms with Crippen LogP contribution in [0, 0.1) is 0 Å². The third kappa shape index (κ3) is 2.60. The highest BCUT2D eigenvalue weighted by atomic mass is 28.3. The SMILES string of the molecule is CCN(c1cccnc1C(=O)O)[Si](C)(C)C. The molecule has 1 heterocycles. The van der Waals surface area contributed by atoms with E-state index in [0.29, 0.717) is 0 Å². The minimum atomic E-state index is -1.57. The first-order valence-corrected chi connectivity index (χ1v) is 8.78. The monoisotopic (exact) mass is 238 g/mol. The van der Waals surface area contributed by atoms with Crippen molar-refractivity contribution < 1.29 is 9.90 Å². The molecule has 0 fully saturated rings. The van der Waals surface area contributed by atoms with Crippen LogP contribution < -0.4 is 4.57 Å². The maximum atomic E-state index is 11.1. The molecule has 0 bridgehead atoms. The van der Waals surface area contributed by atoms with E-state index in [1.807, 2.05) is 13.0 Å². The first-order chi connectivity index (χ1) is 7.38. The van der Waals surface area contributed by atoms with Crippen molar-refractivity contribution in [3.05, 3.63) is 24.0 Å². The van der Waals surface area contributed by atoms with Crippen LogP contribution in [0.2, 0.25) is 19.6 Å². The number of rotatable bonds is 4. The predicted octanol–water partition coefficient (Wildman–Crippen LogP) is 2.44. The second-order valence-corrected chi connectivity index (χ2v) is 9.47. The molecule has 0 spiro atoms. The molecule has 4 nitrogen and oxygen atoms in total. The van der Waals surface area contributed by atoms with E-state index in [0.717, 1.165) is 12.2 Å². The third-order valence-corrected chi connectivity index (χ3v) is 4.58. The van der Waals surface area contributed by atoms with Crippen LogP contribution >= 0.6 is 0 Å². The van der Waals surface area contributed by atoms with Gasteiger partial charge in [-0.2, -0.15) is 0 Å². The van der Waals surface area contributed by atoms with Crippen molar-refractivity contribution in [3.63, 3.8) is 0 Å². The summed E-state index contributed by atoms with van der Waals surface area (Å²) < 4.78 is 2.17. The van der Waals surface area contributed by atoms with Gasteiger partial charge in [-0.25, -0.2) is 9.78 Å². The van der Waals surface area contributed by atoms with Crippen molar-refractivity contribution in [2.45, 2.75) is 26.6 Å². The standard InChI is InChI=1S/C11H18N2O2Si/c1-5-13(16(2,3)4)9-7-6-8-12-10(9)11(14)15/h6-8H,5H2,1-4H3,(H,14,15). The topological polar surface area (TPSA) is 53.4 Å². The predicted molar refractivity (Wildman–Crippen MR) is 67.6 cm³/mol. The van der Waals surface area contributed by atoms with Crippen LogP contribution in [-0.2, 0) is 0 Å². The molecule has 0 aliphatic rings. The highest BCUT2D eigenvalue weighted by Crippen LogP contribution is 2.23. The van der Waals surface area contributed by atoms with Gasteiger partial charge in [-0.3, -0.25) is 0 Å². The van der Waals surface area contributed by atoms with Gasteiger partial charge in [0.15, 0.2) is 5.69 Å². The molecule has 0 amide bonds. The lowest BCUT2D eigenvalue weighted by molar-refractivity contribution is 0.0691. The molecule has 0 atom stereocenters. The summed E-state index contributed by atoms with van der Waals surface area (Å²) in [7, 11) is -1.57. The number of nitrogens with zero attached hydrogens (tertiary/aromatic N) is 2. The average Bonchev–Trinajstić information content (AvgIpc) is 2.17. The fourth-order valence-electron chi connectivity index (χ4n) is 1.79. The van der Waals surface area contributed by atoms with Gasteiger partial charge in [0.1, 0.15) is 8.24 Å². The fourth-order valence-corrected chi connectivity index (χ4v) is 3.64. The molecular formula is C11H18N2O2Si. The van der Waals surface area contributed by atoms with Crippen molar-refractivity contribution in [1.82, 2.24) is 4.98 Å². The summed E-state index contributed by atoms with van der Waals surface area (Å²) in [5, 5.41) is 9.10. The molecule has 1 aromatic rings. The molecule has 0 unspecified atom stereocenters. The van der Waals surface area contributed by atoms with Gasteiger partial charge in [-0.05, 0) is 19.1 Å². The van der Waals surface area contributed by atoms with E-state index in [1.54, 1.807) is 6.07 Å². The molecule has 1 rings (SSSR count). The summed E-state index contributed by atoms with van der Waals surface area (Å²) in [6.07, 6.45) is 1.52. The Morgan fingerprint density at radius 2 is 2.12 bits per heavy atom. The molecule has 0 saturated carbocycles. The summed E-state index contributed by atoms with van der Waals surface area (Å²) in [4.78, 5) is 15.0. The normalized spacial score (nSPS) is 11.2. The molecule has 0 aromatic carbocycles. The van der Waals surface area contributed by atoms with Crippen molar-refractivity contribution >= 4 is 19.9 Å². The lowest BCUT2D eigenvalue weighted by Gasteiger charge is -2.35. The van der Waals surface area contributed by atoms with Gasteiger partial charge in [0.05, 0.1) is 5.69 Å². The average molecular weight is 238 g/mol. The summed E-state index contributed by atoms with van der Waals surface area (Å²) in [6.45, 7) is 9.41. The molecule has 0 aliphatic carbocycles. The quantitative estimate of drug-likeness (QED) is 0.819. The third-order valence-electron chi connectivity index (χ3n) is 2.41. The molecule has 88 valence electrons. The molecule has 1 aromatic heterocycles. The van der Waals surface area contributed by atoms with Crippen LogP contribution in [0.3, 0.4) is 0 Å². The van der Waals surface area contributed by atoms with Crippen LogP contribution in [0.25, 0.3) is 0 Å². The van der Waals surface area contributed by atoms with Crippen LogP contribution in [0.15, 0.2) is 18.3 Å². The van der Waals surface area contributed by atoms with E-state index in [2.05, 4.69) is 29.2 Å². The number of pyridine rings is 1. The molecular weight excluding hydrogens is 220 g/mol. The Kier molecular flexibility index (Phi) is 3.69. The Labute approximate surface area is 97.0 Å². The van der Waals surface area contributed by atoms with Crippen molar-refractivity contribution in [1.29, 1.82) is 0 Å². The second kappa shape index (κ2) is 4.65. The number of anilines is 1. The highest BCUT2D eigenvalue weighted by Gasteiger charge is 2.26. The Bertz CT molecular complexity index is 388. The van der Waals surface area contributed by atoms with Crippen LogP contribution in [0.4, 0.5) is 5.69 Å². The zero-order chi connectivity index (χ0) is 12.3. The summed E-state index contributed by atoms with van der Waals surface area (Å²) in [5.74, 6) is -0.965. The van der Waals surface area contributed by atoms with Crippen molar-refractivity contribution in [2.75, 3.05) is 11.1 Å². The zero-order valence-electron chi connectivity index (χ0n) is 10.2. The Balaban J connectivity index is 3.25. The number of hydrogen-bond acceptors (Lipinski definition) is 3. The van der Waals surface area contributed by atoms with Gasteiger partial charge in [-0.15, -0.1) is 0 Å². The first-order valence-electron chi connectivity index (χ1n) is 5.34. The summed E-state index contributed by atoms with van der Waals surface area (Å²) in [5.41, 5.74) is 0.878. The maximum Gasteiger partial charge on any atom is 0.356 e. The van der Waals surface area contributed by atoms with E-state index in [9.17, 15) is 4.79 Å². The number of aromatic nitrogens is 1. The lowest BCUT2D eigenvalue weighted by atomic mass is 10.3. The van der Waals surface area contributed by atoms with Crippen molar-refractivity contribution in [3.8, 4) is 0 Å². The Morgan fingerprint density at radius 3 is 2.56 bits per heavy atom. The fraction of sp³-hybridized carbons (Fsp3) is 0.455. The Morgan fingerprint density at radius 1 is 1.50 bits per heavy atom. The number of carboxylic acids is 1. The molecule has 0 aliphatic heterocycles. The number of aromatic carboxylic acids is 1. The van der Waals surface area contributed by atoms with E-state index in [-0.39, 0.29) is 5.69 Å². The summed E-state index contributed by atoms with van der Waals surface area (Å²) >= 11 is 0. The van der Waals surface area contributed by atoms with Gasteiger partial charge >= 0.3 is 5.97 Å². The van der Waals surface area contributed by atoms with Gasteiger partial charge in [0, 0.05) is 12.7 Å². The van der Waals surface area contributed by atoms with E-state index < -0.39 is 14.2 Å². The van der Waals surface area contributed by atoms with Crippen LogP contribution in [0.5, 0.6) is 0 Å². The maximum absolute atomic E-state index is 11.1. The zero-order valence-corrected chi connectivity index (χ0v) is 11.2. The van der Waals surface area contributed by atoms with E-state index >= 15 is 0 Å². The van der Waals surface area contributed by atoms with Gasteiger partial charge in [0.2, 0.25) is 0 Å².